The fourth-order valence-corrected chi connectivity index (χ4v) is 4.05. The Labute approximate surface area is 188 Å². The number of aryl methyl sites for hydroxylation is 1. The summed E-state index contributed by atoms with van der Waals surface area (Å²) in [5.41, 5.74) is 3.57. The molecule has 0 atom stereocenters. The molecule has 156 valence electrons. The Hall–Kier alpha value is -3.29. The molecule has 1 saturated heterocycles. The predicted octanol–water partition coefficient (Wildman–Crippen LogP) is 4.72. The number of anilines is 1. The average Bonchev–Trinajstić information content (AvgIpc) is 2.99. The Morgan fingerprint density at radius 1 is 1.03 bits per heavy atom. The number of nitrogens with one attached hydrogen (secondary N) is 1. The van der Waals surface area contributed by atoms with Gasteiger partial charge in [-0.25, -0.2) is 4.39 Å². The first-order valence-corrected chi connectivity index (χ1v) is 10.2. The number of thiocarbonyl (C=S) groups is 1. The van der Waals surface area contributed by atoms with Gasteiger partial charge in [0.2, 0.25) is 0 Å². The Balaban J connectivity index is 1.76. The third-order valence-electron chi connectivity index (χ3n) is 5.02. The predicted molar refractivity (Wildman–Crippen MR) is 123 cm³/mol. The fourth-order valence-electron chi connectivity index (χ4n) is 3.58. The van der Waals surface area contributed by atoms with Gasteiger partial charge in [-0.2, -0.15) is 0 Å². The van der Waals surface area contributed by atoms with Crippen LogP contribution in [0.25, 0.3) is 11.8 Å². The standard InChI is InChI=1S/C23H17ClFN3O2S/c1-13-10-15(14(2)27(13)18-8-6-17(25)7-9-18)11-20-21(29)26-23(31)28(22(20)30)19-5-3-4-16(24)12-19/h3-12H,1-2H3,(H,26,29,31)/b20-11+. The highest BCUT2D eigenvalue weighted by atomic mass is 35.5. The van der Waals surface area contributed by atoms with Gasteiger partial charge in [-0.05, 0) is 86.2 Å². The van der Waals surface area contributed by atoms with Crippen molar-refractivity contribution < 1.29 is 14.0 Å². The molecule has 2 aromatic carbocycles. The average molecular weight is 454 g/mol. The van der Waals surface area contributed by atoms with Gasteiger partial charge in [0.1, 0.15) is 11.4 Å². The van der Waals surface area contributed by atoms with E-state index in [1.165, 1.54) is 17.0 Å². The zero-order chi connectivity index (χ0) is 22.3. The molecule has 0 spiro atoms. The summed E-state index contributed by atoms with van der Waals surface area (Å²) < 4.78 is 15.2. The molecule has 3 aromatic rings. The molecule has 1 aromatic heterocycles. The normalized spacial score (nSPS) is 15.5. The van der Waals surface area contributed by atoms with Crippen LogP contribution >= 0.6 is 23.8 Å². The lowest BCUT2D eigenvalue weighted by molar-refractivity contribution is -0.122. The quantitative estimate of drug-likeness (QED) is 0.355. The van der Waals surface area contributed by atoms with Crippen molar-refractivity contribution in [3.63, 3.8) is 0 Å². The van der Waals surface area contributed by atoms with Crippen molar-refractivity contribution >= 4 is 52.5 Å². The van der Waals surface area contributed by atoms with E-state index >= 15 is 0 Å². The van der Waals surface area contributed by atoms with Crippen molar-refractivity contribution in [1.29, 1.82) is 0 Å². The van der Waals surface area contributed by atoms with Crippen LogP contribution in [0, 0.1) is 19.7 Å². The van der Waals surface area contributed by atoms with E-state index in [1.807, 2.05) is 24.5 Å². The number of carbonyl (C=O) groups is 2. The Morgan fingerprint density at radius 3 is 2.42 bits per heavy atom. The van der Waals surface area contributed by atoms with Crippen molar-refractivity contribution in [2.75, 3.05) is 4.90 Å². The lowest BCUT2D eigenvalue weighted by Crippen LogP contribution is -2.54. The molecular weight excluding hydrogens is 437 g/mol. The third-order valence-corrected chi connectivity index (χ3v) is 5.54. The molecule has 2 heterocycles. The molecule has 1 N–H and O–H groups in total. The molecule has 2 amide bonds. The van der Waals surface area contributed by atoms with Crippen LogP contribution in [-0.4, -0.2) is 21.5 Å². The molecule has 0 saturated carbocycles. The topological polar surface area (TPSA) is 54.3 Å². The van der Waals surface area contributed by atoms with Gasteiger partial charge >= 0.3 is 0 Å². The number of hydrogen-bond donors (Lipinski definition) is 1. The molecule has 31 heavy (non-hydrogen) atoms. The molecule has 1 aliphatic heterocycles. The smallest absolute Gasteiger partial charge is 0.270 e. The number of rotatable bonds is 3. The first-order chi connectivity index (χ1) is 14.8. The number of aromatic nitrogens is 1. The van der Waals surface area contributed by atoms with Gasteiger partial charge in [0.05, 0.1) is 5.69 Å². The van der Waals surface area contributed by atoms with Crippen molar-refractivity contribution in [1.82, 2.24) is 9.88 Å². The minimum atomic E-state index is -0.570. The molecule has 0 bridgehead atoms. The number of halogens is 2. The largest absolute Gasteiger partial charge is 0.318 e. The SMILES string of the molecule is Cc1cc(/C=C2\C(=O)NC(=S)N(c3cccc(Cl)c3)C2=O)c(C)n1-c1ccc(F)cc1. The molecule has 0 radical (unpaired) electrons. The van der Waals surface area contributed by atoms with E-state index in [0.717, 1.165) is 17.1 Å². The molecule has 8 heteroatoms. The van der Waals surface area contributed by atoms with Crippen LogP contribution in [0.1, 0.15) is 17.0 Å². The minimum Gasteiger partial charge on any atom is -0.318 e. The summed E-state index contributed by atoms with van der Waals surface area (Å²) in [6.45, 7) is 3.77. The zero-order valence-electron chi connectivity index (χ0n) is 16.6. The molecule has 5 nitrogen and oxygen atoms in total. The first-order valence-electron chi connectivity index (χ1n) is 9.38. The van der Waals surface area contributed by atoms with E-state index in [9.17, 15) is 14.0 Å². The lowest BCUT2D eigenvalue weighted by atomic mass is 10.1. The zero-order valence-corrected chi connectivity index (χ0v) is 18.2. The molecule has 4 rings (SSSR count). The molecular formula is C23H17ClFN3O2S. The maximum Gasteiger partial charge on any atom is 0.270 e. The van der Waals surface area contributed by atoms with Crippen LogP contribution in [0.4, 0.5) is 10.1 Å². The van der Waals surface area contributed by atoms with E-state index in [0.29, 0.717) is 16.3 Å². The minimum absolute atomic E-state index is 0.00815. The van der Waals surface area contributed by atoms with Gasteiger partial charge in [0, 0.05) is 22.1 Å². The van der Waals surface area contributed by atoms with Gasteiger partial charge in [-0.1, -0.05) is 17.7 Å². The summed E-state index contributed by atoms with van der Waals surface area (Å²) in [6.07, 6.45) is 1.54. The molecule has 0 aliphatic carbocycles. The second-order valence-corrected chi connectivity index (χ2v) is 7.90. The summed E-state index contributed by atoms with van der Waals surface area (Å²) >= 11 is 11.3. The molecule has 1 aliphatic rings. The van der Waals surface area contributed by atoms with E-state index in [1.54, 1.807) is 42.5 Å². The fraction of sp³-hybridized carbons (Fsp3) is 0.0870. The third kappa shape index (κ3) is 3.89. The van der Waals surface area contributed by atoms with E-state index < -0.39 is 11.8 Å². The van der Waals surface area contributed by atoms with Gasteiger partial charge in [0.15, 0.2) is 5.11 Å². The summed E-state index contributed by atoms with van der Waals surface area (Å²) in [4.78, 5) is 27.0. The van der Waals surface area contributed by atoms with Crippen LogP contribution in [0.5, 0.6) is 0 Å². The van der Waals surface area contributed by atoms with Crippen LogP contribution in [0.2, 0.25) is 5.02 Å². The van der Waals surface area contributed by atoms with Crippen molar-refractivity contribution in [2.24, 2.45) is 0 Å². The molecule has 0 unspecified atom stereocenters. The Morgan fingerprint density at radius 2 is 1.74 bits per heavy atom. The van der Waals surface area contributed by atoms with Gasteiger partial charge < -0.3 is 4.57 Å². The second kappa shape index (κ2) is 8.09. The van der Waals surface area contributed by atoms with Crippen LogP contribution in [0.3, 0.4) is 0 Å². The van der Waals surface area contributed by atoms with Gasteiger partial charge in [-0.15, -0.1) is 0 Å². The van der Waals surface area contributed by atoms with E-state index in [-0.39, 0.29) is 16.5 Å². The van der Waals surface area contributed by atoms with E-state index in [4.69, 9.17) is 23.8 Å². The van der Waals surface area contributed by atoms with Gasteiger partial charge in [-0.3, -0.25) is 19.8 Å². The van der Waals surface area contributed by atoms with E-state index in [2.05, 4.69) is 5.32 Å². The monoisotopic (exact) mass is 453 g/mol. The summed E-state index contributed by atoms with van der Waals surface area (Å²) in [6, 6.07) is 14.6. The van der Waals surface area contributed by atoms with Crippen molar-refractivity contribution in [3.8, 4) is 5.69 Å². The number of nitrogens with zero attached hydrogens (tertiary/aromatic N) is 2. The number of amides is 2. The highest BCUT2D eigenvalue weighted by Gasteiger charge is 2.34. The maximum absolute atomic E-state index is 13.3. The molecule has 1 fully saturated rings. The van der Waals surface area contributed by atoms with Crippen molar-refractivity contribution in [2.45, 2.75) is 13.8 Å². The van der Waals surface area contributed by atoms with Crippen LogP contribution in [0.15, 0.2) is 60.2 Å². The number of benzene rings is 2. The highest BCUT2D eigenvalue weighted by Crippen LogP contribution is 2.27. The number of hydrogen-bond acceptors (Lipinski definition) is 3. The Bertz CT molecular complexity index is 1260. The summed E-state index contributed by atoms with van der Waals surface area (Å²) in [5.74, 6) is -1.43. The van der Waals surface area contributed by atoms with Crippen LogP contribution < -0.4 is 10.2 Å². The lowest BCUT2D eigenvalue weighted by Gasteiger charge is -2.29. The van der Waals surface area contributed by atoms with Gasteiger partial charge in [0.25, 0.3) is 11.8 Å². The van der Waals surface area contributed by atoms with Crippen molar-refractivity contribution in [3.05, 3.63) is 88.0 Å². The highest BCUT2D eigenvalue weighted by molar-refractivity contribution is 7.80. The number of carbonyl (C=O) groups excluding carboxylic acids is 2. The Kier molecular flexibility index (Phi) is 5.47. The van der Waals surface area contributed by atoms with Crippen LogP contribution in [-0.2, 0) is 9.59 Å². The first kappa shape index (κ1) is 21.0. The second-order valence-electron chi connectivity index (χ2n) is 7.08. The summed E-state index contributed by atoms with van der Waals surface area (Å²) in [7, 11) is 0. The summed E-state index contributed by atoms with van der Waals surface area (Å²) in [5, 5.41) is 3.00. The maximum atomic E-state index is 13.3.